The summed E-state index contributed by atoms with van der Waals surface area (Å²) in [6.45, 7) is 2.70. The lowest BCUT2D eigenvalue weighted by Crippen LogP contribution is -2.49. The second-order valence-electron chi connectivity index (χ2n) is 10.1. The first-order valence-electron chi connectivity index (χ1n) is 12.9. The van der Waals surface area contributed by atoms with Crippen molar-refractivity contribution in [1.82, 2.24) is 10.2 Å². The summed E-state index contributed by atoms with van der Waals surface area (Å²) in [4.78, 5) is 21.3. The minimum absolute atomic E-state index is 0.219. The minimum Gasteiger partial charge on any atom is -0.489 e. The third-order valence-electron chi connectivity index (χ3n) is 7.34. The van der Waals surface area contributed by atoms with Crippen molar-refractivity contribution in [2.45, 2.75) is 50.5 Å². The van der Waals surface area contributed by atoms with Gasteiger partial charge in [-0.05, 0) is 67.2 Å². The van der Waals surface area contributed by atoms with E-state index < -0.39 is 12.1 Å². The number of rotatable bonds is 8. The number of nitrogens with zero attached hydrogens (tertiary/aromatic N) is 2. The van der Waals surface area contributed by atoms with Gasteiger partial charge in [-0.15, -0.1) is 0 Å². The van der Waals surface area contributed by atoms with Crippen molar-refractivity contribution in [2.24, 2.45) is 5.16 Å². The highest BCUT2D eigenvalue weighted by Gasteiger charge is 2.31. The van der Waals surface area contributed by atoms with Crippen LogP contribution in [0.15, 0.2) is 59.8 Å². The molecule has 8 heteroatoms. The van der Waals surface area contributed by atoms with E-state index in [1.54, 1.807) is 12.1 Å². The van der Waals surface area contributed by atoms with E-state index in [0.717, 1.165) is 60.7 Å². The Balaban J connectivity index is 1.25. The summed E-state index contributed by atoms with van der Waals surface area (Å²) >= 11 is 6.48. The van der Waals surface area contributed by atoms with Crippen LogP contribution >= 0.6 is 11.6 Å². The van der Waals surface area contributed by atoms with Crippen molar-refractivity contribution in [3.63, 3.8) is 0 Å². The molecule has 2 aliphatic heterocycles. The van der Waals surface area contributed by atoms with Gasteiger partial charge in [-0.25, -0.2) is 0 Å². The van der Waals surface area contributed by atoms with Gasteiger partial charge in [0.25, 0.3) is 5.91 Å². The van der Waals surface area contributed by atoms with Gasteiger partial charge < -0.3 is 24.9 Å². The van der Waals surface area contributed by atoms with E-state index in [1.165, 1.54) is 0 Å². The predicted molar refractivity (Wildman–Crippen MR) is 143 cm³/mol. The van der Waals surface area contributed by atoms with E-state index >= 15 is 0 Å². The Kier molecular flexibility index (Phi) is 6.76. The molecule has 3 aliphatic rings. The van der Waals surface area contributed by atoms with E-state index in [0.29, 0.717) is 29.5 Å². The third-order valence-corrected chi connectivity index (χ3v) is 7.64. The number of hydrogen-bond acceptors (Lipinski definition) is 6. The van der Waals surface area contributed by atoms with Gasteiger partial charge in [-0.1, -0.05) is 59.2 Å². The van der Waals surface area contributed by atoms with Crippen LogP contribution in [0, 0.1) is 0 Å². The lowest BCUT2D eigenvalue weighted by molar-refractivity contribution is -0.116. The summed E-state index contributed by atoms with van der Waals surface area (Å²) in [5.74, 6) is 0.247. The highest BCUT2D eigenvalue weighted by Crippen LogP contribution is 2.34. The molecular formula is C29H30ClN3O4. The maximum Gasteiger partial charge on any atom is 0.274 e. The van der Waals surface area contributed by atoms with Crippen molar-refractivity contribution in [2.75, 3.05) is 19.6 Å². The number of aliphatic hydroxyl groups is 1. The van der Waals surface area contributed by atoms with Gasteiger partial charge in [0.2, 0.25) is 0 Å². The molecule has 0 unspecified atom stereocenters. The summed E-state index contributed by atoms with van der Waals surface area (Å²) in [7, 11) is 0. The number of amides is 1. The van der Waals surface area contributed by atoms with Crippen LogP contribution in [0.5, 0.6) is 5.75 Å². The van der Waals surface area contributed by atoms with Crippen LogP contribution in [0.25, 0.3) is 10.8 Å². The fourth-order valence-electron chi connectivity index (χ4n) is 5.19. The smallest absolute Gasteiger partial charge is 0.274 e. The Hall–Kier alpha value is -3.13. The molecule has 6 rings (SSSR count). The van der Waals surface area contributed by atoms with Gasteiger partial charge in [-0.3, -0.25) is 4.79 Å². The Bertz CT molecular complexity index is 1350. The van der Waals surface area contributed by atoms with Crippen molar-refractivity contribution < 1.29 is 19.5 Å². The minimum atomic E-state index is -0.960. The molecule has 2 atom stereocenters. The van der Waals surface area contributed by atoms with Gasteiger partial charge in [0.15, 0.2) is 5.71 Å². The fourth-order valence-corrected chi connectivity index (χ4v) is 5.42. The number of hydrogen-bond donors (Lipinski definition) is 2. The van der Waals surface area contributed by atoms with E-state index in [-0.39, 0.29) is 17.7 Å². The molecule has 7 nitrogen and oxygen atoms in total. The predicted octanol–water partition coefficient (Wildman–Crippen LogP) is 4.58. The average molecular weight is 520 g/mol. The van der Waals surface area contributed by atoms with Crippen LogP contribution in [-0.4, -0.2) is 53.4 Å². The van der Waals surface area contributed by atoms with E-state index in [4.69, 9.17) is 21.2 Å². The molecule has 0 radical (unpaired) electrons. The van der Waals surface area contributed by atoms with Gasteiger partial charge in [0.1, 0.15) is 18.5 Å². The van der Waals surface area contributed by atoms with E-state index in [9.17, 15) is 9.90 Å². The molecule has 37 heavy (non-hydrogen) atoms. The number of carbonyl (C=O) groups excluding carboxylic acids is 1. The SMILES string of the molecule is O=C(N[C@H](CN1CCCC1)[C@H](O)c1ccc(OC2CC2)c(Cl)c1)C1=NOCc2c1ccc1ccccc21. The van der Waals surface area contributed by atoms with Crippen molar-refractivity contribution in [1.29, 1.82) is 0 Å². The molecule has 2 heterocycles. The number of ether oxygens (including phenoxy) is 1. The monoisotopic (exact) mass is 519 g/mol. The van der Waals surface area contributed by atoms with Gasteiger partial charge in [-0.2, -0.15) is 0 Å². The molecule has 3 aromatic carbocycles. The Morgan fingerprint density at radius 2 is 1.97 bits per heavy atom. The fraction of sp³-hybridized carbons (Fsp3) is 0.379. The first-order chi connectivity index (χ1) is 18.1. The summed E-state index contributed by atoms with van der Waals surface area (Å²) in [5, 5.41) is 21.2. The molecule has 1 aliphatic carbocycles. The lowest BCUT2D eigenvalue weighted by Gasteiger charge is -2.29. The summed E-state index contributed by atoms with van der Waals surface area (Å²) in [6, 6.07) is 16.7. The molecule has 1 saturated heterocycles. The number of carbonyl (C=O) groups is 1. The van der Waals surface area contributed by atoms with Crippen LogP contribution in [-0.2, 0) is 16.2 Å². The number of aliphatic hydroxyl groups excluding tert-OH is 1. The van der Waals surface area contributed by atoms with Crippen molar-refractivity contribution >= 4 is 34.0 Å². The highest BCUT2D eigenvalue weighted by atomic mass is 35.5. The van der Waals surface area contributed by atoms with Crippen LogP contribution in [0.4, 0.5) is 0 Å². The molecule has 0 aromatic heterocycles. The normalized spacial score (nSPS) is 19.0. The molecule has 2 N–H and O–H groups in total. The van der Waals surface area contributed by atoms with Crippen LogP contribution in [0.1, 0.15) is 48.5 Å². The molecular weight excluding hydrogens is 490 g/mol. The molecule has 3 aromatic rings. The number of nitrogens with one attached hydrogen (secondary N) is 1. The number of benzene rings is 3. The first kappa shape index (κ1) is 24.2. The largest absolute Gasteiger partial charge is 0.489 e. The Morgan fingerprint density at radius 1 is 1.16 bits per heavy atom. The van der Waals surface area contributed by atoms with Crippen molar-refractivity contribution in [3.8, 4) is 5.75 Å². The van der Waals surface area contributed by atoms with Crippen LogP contribution in [0.3, 0.4) is 0 Å². The molecule has 1 saturated carbocycles. The van der Waals surface area contributed by atoms with Crippen LogP contribution in [0.2, 0.25) is 5.02 Å². The third kappa shape index (κ3) is 5.17. The number of likely N-dealkylation sites (tertiary alicyclic amines) is 1. The summed E-state index contributed by atoms with van der Waals surface area (Å²) in [6.07, 6.45) is 3.56. The van der Waals surface area contributed by atoms with Gasteiger partial charge >= 0.3 is 0 Å². The maximum atomic E-state index is 13.6. The Morgan fingerprint density at radius 3 is 2.76 bits per heavy atom. The molecule has 1 amide bonds. The Labute approximate surface area is 221 Å². The summed E-state index contributed by atoms with van der Waals surface area (Å²) in [5.41, 5.74) is 2.54. The number of fused-ring (bicyclic) bond motifs is 3. The second-order valence-corrected chi connectivity index (χ2v) is 10.5. The average Bonchev–Trinajstić information content (AvgIpc) is 3.60. The number of halogens is 1. The zero-order valence-corrected chi connectivity index (χ0v) is 21.3. The number of oxime groups is 1. The summed E-state index contributed by atoms with van der Waals surface area (Å²) < 4.78 is 5.85. The van der Waals surface area contributed by atoms with Crippen molar-refractivity contribution in [3.05, 3.63) is 76.3 Å². The zero-order valence-electron chi connectivity index (χ0n) is 20.5. The molecule has 0 spiro atoms. The maximum absolute atomic E-state index is 13.6. The molecule has 0 bridgehead atoms. The van der Waals surface area contributed by atoms with Gasteiger partial charge in [0, 0.05) is 17.7 Å². The highest BCUT2D eigenvalue weighted by molar-refractivity contribution is 6.46. The quantitative estimate of drug-likeness (QED) is 0.455. The topological polar surface area (TPSA) is 83.4 Å². The lowest BCUT2D eigenvalue weighted by atomic mass is 9.95. The van der Waals surface area contributed by atoms with E-state index in [2.05, 4.69) is 15.4 Å². The standard InChI is InChI=1S/C29H30ClN3O4/c30-24-15-19(8-12-26(24)37-20-9-10-20)28(34)25(16-33-13-3-4-14-33)31-29(35)27-22-11-7-18-5-1-2-6-21(18)23(22)17-36-32-27/h1-2,5-8,11-12,15,20,25,28,34H,3-4,9-10,13-14,16-17H2,(H,31,35)/t25-,28-/m1/s1. The van der Waals surface area contributed by atoms with Crippen LogP contribution < -0.4 is 10.1 Å². The molecule has 2 fully saturated rings. The second kappa shape index (κ2) is 10.3. The molecule has 192 valence electrons. The first-order valence-corrected chi connectivity index (χ1v) is 13.3. The van der Waals surface area contributed by atoms with Gasteiger partial charge in [0.05, 0.1) is 17.2 Å². The zero-order chi connectivity index (χ0) is 25.4. The van der Waals surface area contributed by atoms with E-state index in [1.807, 2.05) is 42.5 Å².